The third-order valence-corrected chi connectivity index (χ3v) is 4.25. The number of pyridine rings is 1. The topological polar surface area (TPSA) is 34.0 Å². The number of anilines is 1. The second-order valence-electron chi connectivity index (χ2n) is 5.62. The van der Waals surface area contributed by atoms with Gasteiger partial charge in [-0.3, -0.25) is 4.39 Å². The maximum absolute atomic E-state index is 13.0. The highest BCUT2D eigenvalue weighted by Gasteiger charge is 2.23. The molecule has 0 amide bonds. The van der Waals surface area contributed by atoms with Gasteiger partial charge in [-0.1, -0.05) is 11.6 Å². The summed E-state index contributed by atoms with van der Waals surface area (Å²) in [6.45, 7) is -1.72. The van der Waals surface area contributed by atoms with Crippen LogP contribution in [0.1, 0.15) is 19.4 Å². The van der Waals surface area contributed by atoms with Crippen LogP contribution in [0.2, 0.25) is 5.15 Å². The largest absolute Gasteiger partial charge is 0.371 e. The van der Waals surface area contributed by atoms with E-state index in [1.165, 1.54) is 12.4 Å². The van der Waals surface area contributed by atoms with Gasteiger partial charge in [-0.15, -0.1) is 0 Å². The number of aromatic nitrogens is 3. The number of piperidine rings is 1. The first kappa shape index (κ1) is 16.1. The lowest BCUT2D eigenvalue weighted by atomic mass is 9.98. The van der Waals surface area contributed by atoms with Gasteiger partial charge in [-0.05, 0) is 18.9 Å². The molecule has 1 atom stereocenters. The Morgan fingerprint density at radius 1 is 1.35 bits per heavy atom. The summed E-state index contributed by atoms with van der Waals surface area (Å²) in [5.74, 6) is -0.0210. The monoisotopic (exact) mass is 344 g/mol. The SMILES string of the molecule is FC[C@H]1CCCN(c2cc(Cl)ncc2-c2cnn(C(F)F)c2)C1. The first-order chi connectivity index (χ1) is 11.1. The average molecular weight is 345 g/mol. The lowest BCUT2D eigenvalue weighted by Crippen LogP contribution is -2.36. The molecule has 0 unspecified atom stereocenters. The van der Waals surface area contributed by atoms with Crippen LogP contribution in [0, 0.1) is 5.92 Å². The van der Waals surface area contributed by atoms with E-state index in [-0.39, 0.29) is 12.6 Å². The van der Waals surface area contributed by atoms with E-state index < -0.39 is 6.55 Å². The molecule has 0 aliphatic carbocycles. The predicted octanol–water partition coefficient (Wildman–Crippen LogP) is 4.18. The predicted molar refractivity (Wildman–Crippen MR) is 82.6 cm³/mol. The summed E-state index contributed by atoms with van der Waals surface area (Å²) in [6, 6.07) is 1.69. The lowest BCUT2D eigenvalue weighted by molar-refractivity contribution is 0.0566. The molecule has 2 aromatic rings. The molecule has 4 nitrogen and oxygen atoms in total. The van der Waals surface area contributed by atoms with E-state index in [2.05, 4.69) is 10.1 Å². The molecule has 1 saturated heterocycles. The van der Waals surface area contributed by atoms with Crippen molar-refractivity contribution in [3.8, 4) is 11.1 Å². The summed E-state index contributed by atoms with van der Waals surface area (Å²) in [4.78, 5) is 6.08. The van der Waals surface area contributed by atoms with Gasteiger partial charge in [0.05, 0.1) is 12.9 Å². The highest BCUT2D eigenvalue weighted by atomic mass is 35.5. The van der Waals surface area contributed by atoms with Crippen LogP contribution in [0.3, 0.4) is 0 Å². The normalized spacial score (nSPS) is 18.7. The van der Waals surface area contributed by atoms with Crippen molar-refractivity contribution in [2.24, 2.45) is 5.92 Å². The molecule has 0 N–H and O–H groups in total. The maximum Gasteiger partial charge on any atom is 0.333 e. The minimum atomic E-state index is -2.70. The fourth-order valence-corrected chi connectivity index (χ4v) is 3.05. The Hall–Kier alpha value is -1.76. The third kappa shape index (κ3) is 3.44. The van der Waals surface area contributed by atoms with Crippen LogP contribution < -0.4 is 4.90 Å². The second-order valence-corrected chi connectivity index (χ2v) is 6.01. The summed E-state index contributed by atoms with van der Waals surface area (Å²) < 4.78 is 39.0. The minimum absolute atomic E-state index is 0.0210. The van der Waals surface area contributed by atoms with Crippen LogP contribution in [0.25, 0.3) is 11.1 Å². The minimum Gasteiger partial charge on any atom is -0.371 e. The van der Waals surface area contributed by atoms with Crippen molar-refractivity contribution >= 4 is 17.3 Å². The van der Waals surface area contributed by atoms with Crippen molar-refractivity contribution in [3.05, 3.63) is 29.8 Å². The van der Waals surface area contributed by atoms with Crippen molar-refractivity contribution in [1.29, 1.82) is 0 Å². The molecule has 124 valence electrons. The third-order valence-electron chi connectivity index (χ3n) is 4.04. The molecule has 3 rings (SSSR count). The smallest absolute Gasteiger partial charge is 0.333 e. The summed E-state index contributed by atoms with van der Waals surface area (Å²) in [5, 5.41) is 3.97. The van der Waals surface area contributed by atoms with Crippen molar-refractivity contribution in [1.82, 2.24) is 14.8 Å². The zero-order valence-electron chi connectivity index (χ0n) is 12.3. The highest BCUT2D eigenvalue weighted by molar-refractivity contribution is 6.29. The Bertz CT molecular complexity index is 676. The molecule has 3 heterocycles. The lowest BCUT2D eigenvalue weighted by Gasteiger charge is -2.34. The van der Waals surface area contributed by atoms with Gasteiger partial charge in [0.25, 0.3) is 0 Å². The van der Waals surface area contributed by atoms with Crippen LogP contribution >= 0.6 is 11.6 Å². The Balaban J connectivity index is 1.97. The molecule has 23 heavy (non-hydrogen) atoms. The van der Waals surface area contributed by atoms with Gasteiger partial charge in [0.15, 0.2) is 0 Å². The van der Waals surface area contributed by atoms with Crippen LogP contribution in [0.5, 0.6) is 0 Å². The molecule has 0 bridgehead atoms. The van der Waals surface area contributed by atoms with Gasteiger partial charge in [0, 0.05) is 48.2 Å². The van der Waals surface area contributed by atoms with E-state index in [4.69, 9.17) is 11.6 Å². The molecule has 8 heteroatoms. The van der Waals surface area contributed by atoms with Crippen molar-refractivity contribution in [2.45, 2.75) is 19.4 Å². The standard InChI is InChI=1S/C15H16ClF3N4/c16-14-4-13(22-3-1-2-10(5-17)8-22)12(7-20-14)11-6-21-23(9-11)15(18)19/h4,6-7,9-10,15H,1-3,5,8H2/t10-/m1/s1. The first-order valence-corrected chi connectivity index (χ1v) is 7.75. The molecule has 1 fully saturated rings. The average Bonchev–Trinajstić information content (AvgIpc) is 3.05. The number of alkyl halides is 3. The van der Waals surface area contributed by atoms with Crippen molar-refractivity contribution in [3.63, 3.8) is 0 Å². The number of nitrogens with zero attached hydrogens (tertiary/aromatic N) is 4. The maximum atomic E-state index is 13.0. The van der Waals surface area contributed by atoms with Crippen LogP contribution in [-0.2, 0) is 0 Å². The Morgan fingerprint density at radius 3 is 2.87 bits per heavy atom. The number of hydrogen-bond donors (Lipinski definition) is 0. The summed E-state index contributed by atoms with van der Waals surface area (Å²) >= 11 is 6.00. The van der Waals surface area contributed by atoms with Crippen LogP contribution in [0.4, 0.5) is 18.9 Å². The van der Waals surface area contributed by atoms with E-state index in [0.717, 1.165) is 25.1 Å². The van der Waals surface area contributed by atoms with Crippen LogP contribution in [-0.4, -0.2) is 34.5 Å². The molecular weight excluding hydrogens is 329 g/mol. The van der Waals surface area contributed by atoms with E-state index in [0.29, 0.717) is 27.5 Å². The first-order valence-electron chi connectivity index (χ1n) is 7.37. The molecule has 0 saturated carbocycles. The summed E-state index contributed by atoms with van der Waals surface area (Å²) in [6.07, 6.45) is 5.92. The van der Waals surface area contributed by atoms with Gasteiger partial charge >= 0.3 is 6.55 Å². The summed E-state index contributed by atoms with van der Waals surface area (Å²) in [7, 11) is 0. The number of rotatable bonds is 4. The van der Waals surface area contributed by atoms with E-state index in [9.17, 15) is 13.2 Å². The van der Waals surface area contributed by atoms with E-state index >= 15 is 0 Å². The van der Waals surface area contributed by atoms with E-state index in [1.807, 2.05) is 4.90 Å². The van der Waals surface area contributed by atoms with Gasteiger partial charge in [0.1, 0.15) is 5.15 Å². The molecule has 0 aromatic carbocycles. The van der Waals surface area contributed by atoms with Gasteiger partial charge in [-0.25, -0.2) is 9.67 Å². The molecule has 0 spiro atoms. The van der Waals surface area contributed by atoms with E-state index in [1.54, 1.807) is 12.3 Å². The van der Waals surface area contributed by atoms with Crippen molar-refractivity contribution < 1.29 is 13.2 Å². The van der Waals surface area contributed by atoms with Gasteiger partial charge < -0.3 is 4.90 Å². The second kappa shape index (κ2) is 6.78. The zero-order valence-corrected chi connectivity index (χ0v) is 13.1. The number of halogens is 4. The molecule has 2 aromatic heterocycles. The van der Waals surface area contributed by atoms with Crippen LogP contribution in [0.15, 0.2) is 24.7 Å². The Labute approximate surface area is 136 Å². The fraction of sp³-hybridized carbons (Fsp3) is 0.467. The number of hydrogen-bond acceptors (Lipinski definition) is 3. The van der Waals surface area contributed by atoms with Crippen molar-refractivity contribution in [2.75, 3.05) is 24.7 Å². The Kier molecular flexibility index (Phi) is 4.75. The highest BCUT2D eigenvalue weighted by Crippen LogP contribution is 2.34. The summed E-state index contributed by atoms with van der Waals surface area (Å²) in [5.41, 5.74) is 1.98. The quantitative estimate of drug-likeness (QED) is 0.780. The Morgan fingerprint density at radius 2 is 2.17 bits per heavy atom. The zero-order chi connectivity index (χ0) is 16.4. The molecular formula is C15H16ClF3N4. The fourth-order valence-electron chi connectivity index (χ4n) is 2.90. The molecule has 1 aliphatic rings. The molecule has 0 radical (unpaired) electrons. The molecule has 1 aliphatic heterocycles. The van der Waals surface area contributed by atoms with Gasteiger partial charge in [-0.2, -0.15) is 13.9 Å². The van der Waals surface area contributed by atoms with Gasteiger partial charge in [0.2, 0.25) is 0 Å².